The van der Waals surface area contributed by atoms with Gasteiger partial charge in [-0.2, -0.15) is 0 Å². The fraction of sp³-hybridized carbons (Fsp3) is 0. The summed E-state index contributed by atoms with van der Waals surface area (Å²) in [5.41, 5.74) is 15.1. The standard InChI is InChI=1S/C50H30BN3/c1-2-16-34(17-3-1)52-43-23-10-8-20-38(43)42-30-41-40-22-12-21-39-37-19-9-11-24-44(37)54(48(39)40)51-46-36-18-7-6-14-32(36)26-28-45(46)53(50(47(41)51)49(42)52)35-27-25-31-13-4-5-15-33(31)29-35/h1-30H. The lowest BCUT2D eigenvalue weighted by atomic mass is 9.44. The third-order valence-corrected chi connectivity index (χ3v) is 12.2. The van der Waals surface area contributed by atoms with Crippen molar-refractivity contribution in [1.82, 2.24) is 9.05 Å². The summed E-state index contributed by atoms with van der Waals surface area (Å²) in [6, 6.07) is 67.7. The highest BCUT2D eigenvalue weighted by atomic mass is 15.2. The van der Waals surface area contributed by atoms with E-state index in [1.165, 1.54) is 98.6 Å². The molecule has 2 aliphatic rings. The van der Waals surface area contributed by atoms with E-state index in [0.717, 1.165) is 11.4 Å². The van der Waals surface area contributed by atoms with Gasteiger partial charge in [-0.1, -0.05) is 133 Å². The predicted octanol–water partition coefficient (Wildman–Crippen LogP) is 11.6. The van der Waals surface area contributed by atoms with E-state index < -0.39 is 0 Å². The predicted molar refractivity (Wildman–Crippen MR) is 229 cm³/mol. The van der Waals surface area contributed by atoms with Crippen LogP contribution in [0.3, 0.4) is 0 Å². The fourth-order valence-electron chi connectivity index (χ4n) is 10.1. The number of hydrogen-bond donors (Lipinski definition) is 0. The molecule has 0 bridgehead atoms. The Labute approximate surface area is 311 Å². The van der Waals surface area contributed by atoms with Crippen molar-refractivity contribution in [3.63, 3.8) is 0 Å². The smallest absolute Gasteiger partial charge is 0.333 e. The van der Waals surface area contributed by atoms with Crippen molar-refractivity contribution in [1.29, 1.82) is 0 Å². The molecule has 248 valence electrons. The molecule has 0 atom stereocenters. The molecule has 2 aromatic heterocycles. The Bertz CT molecular complexity index is 3410. The zero-order chi connectivity index (χ0) is 35.1. The Balaban J connectivity index is 1.31. The summed E-state index contributed by atoms with van der Waals surface area (Å²) in [5, 5.41) is 10.1. The van der Waals surface area contributed by atoms with Gasteiger partial charge in [0.25, 0.3) is 0 Å². The molecule has 4 heterocycles. The van der Waals surface area contributed by atoms with Crippen LogP contribution >= 0.6 is 0 Å². The van der Waals surface area contributed by atoms with Crippen LogP contribution in [-0.4, -0.2) is 15.9 Å². The highest BCUT2D eigenvalue weighted by Crippen LogP contribution is 2.50. The summed E-state index contributed by atoms with van der Waals surface area (Å²) in [5.74, 6) is 0. The summed E-state index contributed by atoms with van der Waals surface area (Å²) >= 11 is 0. The SMILES string of the molecule is c1ccc(-n2c3ccccc3c3cc4c5c(c32)N(c2ccc3ccccc3c2)c2ccc3ccccc3c2B5n2c3ccccc3c3cccc-4c32)cc1. The van der Waals surface area contributed by atoms with Crippen LogP contribution in [0.1, 0.15) is 0 Å². The first kappa shape index (κ1) is 28.5. The van der Waals surface area contributed by atoms with Gasteiger partial charge in [-0.05, 0) is 86.6 Å². The summed E-state index contributed by atoms with van der Waals surface area (Å²) in [7, 11) is 0. The van der Waals surface area contributed by atoms with Crippen LogP contribution in [0.4, 0.5) is 17.1 Å². The number of hydrogen-bond acceptors (Lipinski definition) is 1. The Morgan fingerprint density at radius 1 is 0.370 bits per heavy atom. The van der Waals surface area contributed by atoms with Gasteiger partial charge in [0.2, 0.25) is 0 Å². The topological polar surface area (TPSA) is 13.1 Å². The van der Waals surface area contributed by atoms with Crippen molar-refractivity contribution in [3.05, 3.63) is 182 Å². The number of nitrogens with zero attached hydrogens (tertiary/aromatic N) is 3. The minimum absolute atomic E-state index is 0.0586. The van der Waals surface area contributed by atoms with Crippen molar-refractivity contribution in [2.24, 2.45) is 0 Å². The number of benzene rings is 9. The number of anilines is 3. The fourth-order valence-corrected chi connectivity index (χ4v) is 10.1. The summed E-state index contributed by atoms with van der Waals surface area (Å²) in [6.07, 6.45) is 0. The molecule has 0 amide bonds. The quantitative estimate of drug-likeness (QED) is 0.165. The molecule has 2 aliphatic heterocycles. The Morgan fingerprint density at radius 3 is 1.89 bits per heavy atom. The third-order valence-electron chi connectivity index (χ3n) is 12.2. The van der Waals surface area contributed by atoms with Crippen molar-refractivity contribution >= 4 is 100.0 Å². The molecule has 0 spiro atoms. The van der Waals surface area contributed by atoms with Crippen LogP contribution in [0.2, 0.25) is 0 Å². The maximum atomic E-state index is 2.68. The Morgan fingerprint density at radius 2 is 1.04 bits per heavy atom. The first-order valence-electron chi connectivity index (χ1n) is 18.8. The highest BCUT2D eigenvalue weighted by Gasteiger charge is 2.45. The van der Waals surface area contributed by atoms with E-state index in [1.807, 2.05) is 0 Å². The largest absolute Gasteiger partial charge is 0.375 e. The van der Waals surface area contributed by atoms with Crippen molar-refractivity contribution < 1.29 is 0 Å². The zero-order valence-electron chi connectivity index (χ0n) is 29.2. The lowest BCUT2D eigenvalue weighted by Gasteiger charge is -2.41. The van der Waals surface area contributed by atoms with Crippen LogP contribution in [0.5, 0.6) is 0 Å². The summed E-state index contributed by atoms with van der Waals surface area (Å²) < 4.78 is 5.19. The van der Waals surface area contributed by atoms with Gasteiger partial charge in [-0.3, -0.25) is 0 Å². The number of para-hydroxylation sites is 4. The molecule has 0 saturated carbocycles. The molecule has 0 N–H and O–H groups in total. The zero-order valence-corrected chi connectivity index (χ0v) is 29.2. The van der Waals surface area contributed by atoms with Crippen LogP contribution in [0.25, 0.3) is 82.0 Å². The van der Waals surface area contributed by atoms with E-state index in [4.69, 9.17) is 0 Å². The van der Waals surface area contributed by atoms with E-state index >= 15 is 0 Å². The van der Waals surface area contributed by atoms with Gasteiger partial charge in [-0.15, -0.1) is 0 Å². The Hall–Kier alpha value is -7.04. The van der Waals surface area contributed by atoms with Crippen LogP contribution in [-0.2, 0) is 0 Å². The molecular formula is C50H30BN3. The van der Waals surface area contributed by atoms with Crippen molar-refractivity contribution in [2.75, 3.05) is 4.90 Å². The van der Waals surface area contributed by atoms with Gasteiger partial charge in [0.1, 0.15) is 0 Å². The van der Waals surface area contributed by atoms with Gasteiger partial charge in [0.15, 0.2) is 0 Å². The molecule has 54 heavy (non-hydrogen) atoms. The monoisotopic (exact) mass is 683 g/mol. The minimum Gasteiger partial charge on any atom is -0.375 e. The molecule has 9 aromatic carbocycles. The first-order valence-corrected chi connectivity index (χ1v) is 18.8. The average Bonchev–Trinajstić information content (AvgIpc) is 3.76. The van der Waals surface area contributed by atoms with E-state index in [9.17, 15) is 0 Å². The van der Waals surface area contributed by atoms with Gasteiger partial charge < -0.3 is 13.9 Å². The van der Waals surface area contributed by atoms with Crippen LogP contribution in [0.15, 0.2) is 182 Å². The van der Waals surface area contributed by atoms with Gasteiger partial charge >= 0.3 is 6.85 Å². The maximum Gasteiger partial charge on any atom is 0.333 e. The molecule has 13 rings (SSSR count). The van der Waals surface area contributed by atoms with Gasteiger partial charge in [-0.25, -0.2) is 0 Å². The minimum atomic E-state index is -0.0586. The second-order valence-electron chi connectivity index (χ2n) is 14.8. The lowest BCUT2D eigenvalue weighted by Crippen LogP contribution is -2.57. The number of aromatic nitrogens is 2. The number of fused-ring (bicyclic) bond motifs is 14. The first-order chi connectivity index (χ1) is 26.8. The summed E-state index contributed by atoms with van der Waals surface area (Å²) in [4.78, 5) is 2.60. The molecular weight excluding hydrogens is 653 g/mol. The van der Waals surface area contributed by atoms with Gasteiger partial charge in [0.05, 0.1) is 16.7 Å². The second-order valence-corrected chi connectivity index (χ2v) is 14.8. The van der Waals surface area contributed by atoms with Crippen LogP contribution in [0, 0.1) is 0 Å². The molecule has 11 aromatic rings. The van der Waals surface area contributed by atoms with Crippen LogP contribution < -0.4 is 15.8 Å². The lowest BCUT2D eigenvalue weighted by molar-refractivity contribution is 1.17. The summed E-state index contributed by atoms with van der Waals surface area (Å²) in [6.45, 7) is -0.0586. The van der Waals surface area contributed by atoms with E-state index in [1.54, 1.807) is 0 Å². The van der Waals surface area contributed by atoms with E-state index in [0.29, 0.717) is 0 Å². The maximum absolute atomic E-state index is 2.68. The van der Waals surface area contributed by atoms with E-state index in [2.05, 4.69) is 196 Å². The number of rotatable bonds is 2. The molecule has 0 saturated heterocycles. The highest BCUT2D eigenvalue weighted by molar-refractivity contribution is 6.92. The molecule has 0 unspecified atom stereocenters. The third kappa shape index (κ3) is 3.53. The molecule has 3 nitrogen and oxygen atoms in total. The second kappa shape index (κ2) is 10.3. The Kier molecular flexibility index (Phi) is 5.45. The molecule has 0 aliphatic carbocycles. The van der Waals surface area contributed by atoms with Crippen molar-refractivity contribution in [2.45, 2.75) is 0 Å². The molecule has 0 radical (unpaired) electrons. The van der Waals surface area contributed by atoms with Gasteiger partial charge in [0, 0.05) is 55.2 Å². The average molecular weight is 684 g/mol. The molecule has 0 fully saturated rings. The molecule has 4 heteroatoms. The van der Waals surface area contributed by atoms with E-state index in [-0.39, 0.29) is 6.85 Å². The van der Waals surface area contributed by atoms with Crippen molar-refractivity contribution in [3.8, 4) is 16.8 Å². The normalized spacial score (nSPS) is 13.1.